The summed E-state index contributed by atoms with van der Waals surface area (Å²) in [6.07, 6.45) is 1.49. The summed E-state index contributed by atoms with van der Waals surface area (Å²) in [5.41, 5.74) is 0.830. The first-order valence-corrected chi connectivity index (χ1v) is 5.67. The number of halogens is 2. The largest absolute Gasteiger partial charge is 0.287 e. The molecule has 17 heavy (non-hydrogen) atoms. The lowest BCUT2D eigenvalue weighted by Crippen LogP contribution is -2.09. The van der Waals surface area contributed by atoms with Gasteiger partial charge >= 0.3 is 0 Å². The van der Waals surface area contributed by atoms with Gasteiger partial charge in [-0.15, -0.1) is 5.10 Å². The maximum Gasteiger partial charge on any atom is 0.216 e. The van der Waals surface area contributed by atoms with Gasteiger partial charge in [0.05, 0.1) is 10.0 Å². The van der Waals surface area contributed by atoms with Gasteiger partial charge in [0.1, 0.15) is 11.5 Å². The molecule has 3 nitrogen and oxygen atoms in total. The highest BCUT2D eigenvalue weighted by atomic mass is 79.9. The van der Waals surface area contributed by atoms with Gasteiger partial charge in [-0.05, 0) is 46.6 Å². The van der Waals surface area contributed by atoms with Crippen molar-refractivity contribution in [2.24, 2.45) is 0 Å². The molecule has 0 saturated heterocycles. The van der Waals surface area contributed by atoms with E-state index in [2.05, 4.69) is 26.1 Å². The first-order chi connectivity index (χ1) is 8.11. The summed E-state index contributed by atoms with van der Waals surface area (Å²) in [4.78, 5) is 12.1. The third-order valence-electron chi connectivity index (χ3n) is 2.33. The SMILES string of the molecule is Cc1ccnnc1C(=O)c1cccc(Br)c1F. The molecule has 0 amide bonds. The van der Waals surface area contributed by atoms with E-state index in [1.54, 1.807) is 19.1 Å². The van der Waals surface area contributed by atoms with Crippen molar-refractivity contribution in [2.75, 3.05) is 0 Å². The topological polar surface area (TPSA) is 42.9 Å². The number of nitrogens with zero attached hydrogens (tertiary/aromatic N) is 2. The van der Waals surface area contributed by atoms with Crippen molar-refractivity contribution in [3.63, 3.8) is 0 Å². The number of benzene rings is 1. The Morgan fingerprint density at radius 3 is 2.82 bits per heavy atom. The Balaban J connectivity index is 2.52. The van der Waals surface area contributed by atoms with Crippen LogP contribution in [0.1, 0.15) is 21.6 Å². The van der Waals surface area contributed by atoms with Gasteiger partial charge in [-0.25, -0.2) is 4.39 Å². The van der Waals surface area contributed by atoms with E-state index in [1.807, 2.05) is 0 Å². The molecule has 5 heteroatoms. The van der Waals surface area contributed by atoms with Gasteiger partial charge in [-0.3, -0.25) is 4.79 Å². The Morgan fingerprint density at radius 2 is 2.12 bits per heavy atom. The summed E-state index contributed by atoms with van der Waals surface area (Å²) in [6, 6.07) is 6.23. The predicted octanol–water partition coefficient (Wildman–Crippen LogP) is 2.92. The third kappa shape index (κ3) is 2.24. The molecular weight excluding hydrogens is 287 g/mol. The molecule has 0 spiro atoms. The van der Waals surface area contributed by atoms with E-state index in [4.69, 9.17) is 0 Å². The smallest absolute Gasteiger partial charge is 0.216 e. The Hall–Kier alpha value is -1.62. The number of aryl methyl sites for hydroxylation is 1. The maximum absolute atomic E-state index is 13.8. The normalized spacial score (nSPS) is 10.3. The summed E-state index contributed by atoms with van der Waals surface area (Å²) in [5.74, 6) is -1.04. The lowest BCUT2D eigenvalue weighted by Gasteiger charge is -2.04. The number of ketones is 1. The van der Waals surface area contributed by atoms with E-state index in [-0.39, 0.29) is 15.7 Å². The quantitative estimate of drug-likeness (QED) is 0.800. The van der Waals surface area contributed by atoms with Crippen molar-refractivity contribution >= 4 is 21.7 Å². The van der Waals surface area contributed by atoms with E-state index < -0.39 is 11.6 Å². The number of carbonyl (C=O) groups is 1. The summed E-state index contributed by atoms with van der Waals surface area (Å²) >= 11 is 3.04. The van der Waals surface area contributed by atoms with Crippen LogP contribution in [0.15, 0.2) is 34.9 Å². The van der Waals surface area contributed by atoms with Crippen molar-refractivity contribution < 1.29 is 9.18 Å². The summed E-state index contributed by atoms with van der Waals surface area (Å²) in [5, 5.41) is 7.38. The molecule has 1 aromatic heterocycles. The Morgan fingerprint density at radius 1 is 1.35 bits per heavy atom. The molecule has 0 bridgehead atoms. The number of aromatic nitrogens is 2. The van der Waals surface area contributed by atoms with Gasteiger partial charge in [0.2, 0.25) is 5.78 Å². The molecule has 0 atom stereocenters. The van der Waals surface area contributed by atoms with Crippen LogP contribution in [0.4, 0.5) is 4.39 Å². The second kappa shape index (κ2) is 4.71. The highest BCUT2D eigenvalue weighted by molar-refractivity contribution is 9.10. The van der Waals surface area contributed by atoms with Crippen LogP contribution in [0.3, 0.4) is 0 Å². The minimum atomic E-state index is -0.581. The van der Waals surface area contributed by atoms with Crippen molar-refractivity contribution in [3.8, 4) is 0 Å². The van der Waals surface area contributed by atoms with E-state index in [1.165, 1.54) is 18.3 Å². The van der Waals surface area contributed by atoms with E-state index in [0.29, 0.717) is 5.56 Å². The van der Waals surface area contributed by atoms with Gasteiger partial charge in [-0.2, -0.15) is 5.10 Å². The fraction of sp³-hybridized carbons (Fsp3) is 0.0833. The van der Waals surface area contributed by atoms with Gasteiger partial charge in [0, 0.05) is 6.20 Å². The first-order valence-electron chi connectivity index (χ1n) is 4.88. The van der Waals surface area contributed by atoms with Gasteiger partial charge in [0.15, 0.2) is 0 Å². The predicted molar refractivity (Wildman–Crippen MR) is 64.3 cm³/mol. The fourth-order valence-electron chi connectivity index (χ4n) is 1.43. The second-order valence-electron chi connectivity index (χ2n) is 3.49. The van der Waals surface area contributed by atoms with Crippen LogP contribution in [-0.2, 0) is 0 Å². The van der Waals surface area contributed by atoms with Crippen LogP contribution in [0.5, 0.6) is 0 Å². The Kier molecular flexibility index (Phi) is 3.28. The number of hydrogen-bond acceptors (Lipinski definition) is 3. The molecule has 0 aliphatic rings. The lowest BCUT2D eigenvalue weighted by molar-refractivity contribution is 0.102. The monoisotopic (exact) mass is 294 g/mol. The molecule has 0 unspecified atom stereocenters. The minimum Gasteiger partial charge on any atom is -0.287 e. The summed E-state index contributed by atoms with van der Waals surface area (Å²) in [6.45, 7) is 1.73. The molecule has 1 aromatic carbocycles. The van der Waals surface area contributed by atoms with Gasteiger partial charge in [-0.1, -0.05) is 6.07 Å². The zero-order valence-electron chi connectivity index (χ0n) is 8.95. The molecule has 0 radical (unpaired) electrons. The number of carbonyl (C=O) groups excluding carboxylic acids is 1. The third-order valence-corrected chi connectivity index (χ3v) is 2.95. The highest BCUT2D eigenvalue weighted by Gasteiger charge is 2.18. The van der Waals surface area contributed by atoms with Crippen molar-refractivity contribution in [3.05, 3.63) is 57.6 Å². The number of hydrogen-bond donors (Lipinski definition) is 0. The highest BCUT2D eigenvalue weighted by Crippen LogP contribution is 2.21. The molecule has 0 aliphatic carbocycles. The van der Waals surface area contributed by atoms with Crippen molar-refractivity contribution in [1.29, 1.82) is 0 Å². The second-order valence-corrected chi connectivity index (χ2v) is 4.35. The van der Waals surface area contributed by atoms with E-state index in [0.717, 1.165) is 0 Å². The van der Waals surface area contributed by atoms with Crippen LogP contribution in [0, 0.1) is 12.7 Å². The van der Waals surface area contributed by atoms with Crippen LogP contribution < -0.4 is 0 Å². The minimum absolute atomic E-state index is 0.0111. The molecule has 0 aliphatic heterocycles. The molecular formula is C12H8BrFN2O. The fourth-order valence-corrected chi connectivity index (χ4v) is 1.79. The van der Waals surface area contributed by atoms with Crippen LogP contribution in [-0.4, -0.2) is 16.0 Å². The zero-order valence-corrected chi connectivity index (χ0v) is 10.5. The standard InChI is InChI=1S/C12H8BrFN2O/c1-7-5-6-15-16-11(7)12(17)8-3-2-4-9(13)10(8)14/h2-6H,1H3. The van der Waals surface area contributed by atoms with Crippen molar-refractivity contribution in [2.45, 2.75) is 6.92 Å². The van der Waals surface area contributed by atoms with Crippen LogP contribution in [0.2, 0.25) is 0 Å². The van der Waals surface area contributed by atoms with Gasteiger partial charge < -0.3 is 0 Å². The zero-order chi connectivity index (χ0) is 12.4. The average molecular weight is 295 g/mol. The molecule has 2 rings (SSSR count). The molecule has 0 N–H and O–H groups in total. The van der Waals surface area contributed by atoms with Crippen LogP contribution in [0.25, 0.3) is 0 Å². The lowest BCUT2D eigenvalue weighted by atomic mass is 10.0. The van der Waals surface area contributed by atoms with Crippen LogP contribution >= 0.6 is 15.9 Å². The number of rotatable bonds is 2. The summed E-state index contributed by atoms with van der Waals surface area (Å²) < 4.78 is 14.0. The first kappa shape index (κ1) is 11.9. The molecule has 0 fully saturated rings. The molecule has 0 saturated carbocycles. The Labute approximate surface area is 106 Å². The molecule has 1 heterocycles. The van der Waals surface area contributed by atoms with E-state index >= 15 is 0 Å². The Bertz CT molecular complexity index is 586. The maximum atomic E-state index is 13.8. The summed E-state index contributed by atoms with van der Waals surface area (Å²) in [7, 11) is 0. The average Bonchev–Trinajstić information content (AvgIpc) is 2.32. The molecule has 86 valence electrons. The molecule has 2 aromatic rings. The van der Waals surface area contributed by atoms with Gasteiger partial charge in [0.25, 0.3) is 0 Å². The van der Waals surface area contributed by atoms with E-state index in [9.17, 15) is 9.18 Å². The van der Waals surface area contributed by atoms with Crippen molar-refractivity contribution in [1.82, 2.24) is 10.2 Å².